The van der Waals surface area contributed by atoms with Gasteiger partial charge in [-0.25, -0.2) is 9.97 Å². The molecule has 0 saturated carbocycles. The fraction of sp³-hybridized carbons (Fsp3) is 0.353. The number of aryl methyl sites for hydroxylation is 1. The minimum absolute atomic E-state index is 0.0822. The van der Waals surface area contributed by atoms with Crippen LogP contribution in [0.2, 0.25) is 0 Å². The van der Waals surface area contributed by atoms with Crippen molar-refractivity contribution < 1.29 is 4.79 Å². The monoisotopic (exact) mass is 268 g/mol. The fourth-order valence-electron chi connectivity index (χ4n) is 2.04. The van der Waals surface area contributed by atoms with E-state index < -0.39 is 0 Å². The number of carbonyl (C=O) groups is 1. The van der Waals surface area contributed by atoms with Crippen molar-refractivity contribution in [1.82, 2.24) is 9.97 Å². The van der Waals surface area contributed by atoms with Gasteiger partial charge in [0, 0.05) is 18.7 Å². The van der Waals surface area contributed by atoms with Crippen LogP contribution in [0.3, 0.4) is 0 Å². The molecule has 3 heteroatoms. The van der Waals surface area contributed by atoms with Gasteiger partial charge in [0.15, 0.2) is 11.6 Å². The van der Waals surface area contributed by atoms with Crippen LogP contribution in [0.5, 0.6) is 0 Å². The Hall–Kier alpha value is -2.03. The van der Waals surface area contributed by atoms with Crippen molar-refractivity contribution in [2.75, 3.05) is 0 Å². The molecule has 2 aromatic rings. The largest absolute Gasteiger partial charge is 0.291 e. The molecular weight excluding hydrogens is 248 g/mol. The van der Waals surface area contributed by atoms with Crippen LogP contribution in [-0.2, 0) is 5.41 Å². The summed E-state index contributed by atoms with van der Waals surface area (Å²) in [5.41, 5.74) is 4.34. The van der Waals surface area contributed by atoms with Crippen molar-refractivity contribution in [3.05, 3.63) is 47.4 Å². The molecule has 0 amide bonds. The van der Waals surface area contributed by atoms with Gasteiger partial charge in [-0.15, -0.1) is 0 Å². The molecule has 0 fully saturated rings. The zero-order valence-electron chi connectivity index (χ0n) is 12.7. The summed E-state index contributed by atoms with van der Waals surface area (Å²) in [5, 5.41) is 0. The second kappa shape index (κ2) is 5.16. The normalized spacial score (nSPS) is 11.4. The quantitative estimate of drug-likeness (QED) is 0.774. The molecule has 0 radical (unpaired) electrons. The maximum atomic E-state index is 11.4. The Morgan fingerprint density at radius 2 is 1.85 bits per heavy atom. The van der Waals surface area contributed by atoms with Crippen LogP contribution in [0, 0.1) is 6.92 Å². The first kappa shape index (κ1) is 14.4. The minimum Gasteiger partial charge on any atom is -0.291 e. The van der Waals surface area contributed by atoms with Crippen LogP contribution in [0.1, 0.15) is 49.4 Å². The lowest BCUT2D eigenvalue weighted by Crippen LogP contribution is -2.11. The van der Waals surface area contributed by atoms with Crippen molar-refractivity contribution in [2.45, 2.75) is 40.0 Å². The van der Waals surface area contributed by atoms with Gasteiger partial charge >= 0.3 is 0 Å². The lowest BCUT2D eigenvalue weighted by atomic mass is 9.85. The van der Waals surface area contributed by atoms with E-state index in [2.05, 4.69) is 55.9 Å². The van der Waals surface area contributed by atoms with Gasteiger partial charge in [-0.2, -0.15) is 0 Å². The molecule has 0 unspecified atom stereocenters. The van der Waals surface area contributed by atoms with Gasteiger partial charge in [-0.3, -0.25) is 4.79 Å². The Morgan fingerprint density at radius 3 is 2.45 bits per heavy atom. The molecule has 0 spiro atoms. The summed E-state index contributed by atoms with van der Waals surface area (Å²) in [6.45, 7) is 10.1. The minimum atomic E-state index is -0.114. The number of hydrogen-bond acceptors (Lipinski definition) is 3. The Balaban J connectivity index is 2.57. The number of nitrogens with zero attached hydrogens (tertiary/aromatic N) is 2. The molecule has 1 heterocycles. The van der Waals surface area contributed by atoms with Crippen LogP contribution in [0.25, 0.3) is 11.3 Å². The van der Waals surface area contributed by atoms with Crippen molar-refractivity contribution in [2.24, 2.45) is 0 Å². The summed E-state index contributed by atoms with van der Waals surface area (Å²) < 4.78 is 0. The molecule has 2 rings (SSSR count). The average molecular weight is 268 g/mol. The summed E-state index contributed by atoms with van der Waals surface area (Å²) in [4.78, 5) is 19.8. The van der Waals surface area contributed by atoms with E-state index in [4.69, 9.17) is 0 Å². The number of Topliss-reactive ketones (excluding diaryl/α,β-unsaturated/α-hetero) is 1. The van der Waals surface area contributed by atoms with Crippen molar-refractivity contribution in [1.29, 1.82) is 0 Å². The van der Waals surface area contributed by atoms with Crippen molar-refractivity contribution in [3.63, 3.8) is 0 Å². The van der Waals surface area contributed by atoms with Gasteiger partial charge in [-0.1, -0.05) is 32.9 Å². The molecule has 20 heavy (non-hydrogen) atoms. The lowest BCUT2D eigenvalue weighted by Gasteiger charge is -2.20. The number of benzene rings is 1. The molecule has 0 aliphatic carbocycles. The Bertz CT molecular complexity index is 654. The Labute approximate surface area is 120 Å². The molecule has 0 aliphatic rings. The van der Waals surface area contributed by atoms with Crippen molar-refractivity contribution >= 4 is 5.78 Å². The smallest absolute Gasteiger partial charge is 0.196 e. The predicted molar refractivity (Wildman–Crippen MR) is 80.9 cm³/mol. The Morgan fingerprint density at radius 1 is 1.15 bits per heavy atom. The first-order chi connectivity index (χ1) is 9.29. The fourth-order valence-corrected chi connectivity index (χ4v) is 2.04. The molecule has 104 valence electrons. The van der Waals surface area contributed by atoms with Gasteiger partial charge in [0.05, 0.1) is 5.69 Å². The van der Waals surface area contributed by atoms with Crippen molar-refractivity contribution in [3.8, 4) is 11.3 Å². The molecular formula is C17H20N2O. The van der Waals surface area contributed by atoms with E-state index in [1.165, 1.54) is 12.5 Å². The van der Waals surface area contributed by atoms with Gasteiger partial charge in [0.25, 0.3) is 0 Å². The second-order valence-corrected chi connectivity index (χ2v) is 6.10. The average Bonchev–Trinajstić information content (AvgIpc) is 2.38. The topological polar surface area (TPSA) is 42.9 Å². The van der Waals surface area contributed by atoms with Gasteiger partial charge < -0.3 is 0 Å². The van der Waals surface area contributed by atoms with Crippen LogP contribution in [0.4, 0.5) is 0 Å². The number of ketones is 1. The zero-order chi connectivity index (χ0) is 14.9. The number of aromatic nitrogens is 2. The van der Waals surface area contributed by atoms with E-state index >= 15 is 0 Å². The zero-order valence-corrected chi connectivity index (χ0v) is 12.7. The maximum absolute atomic E-state index is 11.4. The second-order valence-electron chi connectivity index (χ2n) is 6.10. The highest BCUT2D eigenvalue weighted by atomic mass is 16.1. The summed E-state index contributed by atoms with van der Waals surface area (Å²) in [7, 11) is 0. The molecule has 0 atom stereocenters. The SMILES string of the molecule is CC(=O)c1nccc(-c2cc(C(C)(C)C)ccc2C)n1. The first-order valence-corrected chi connectivity index (χ1v) is 6.74. The highest BCUT2D eigenvalue weighted by Gasteiger charge is 2.16. The third kappa shape index (κ3) is 2.93. The van der Waals surface area contributed by atoms with E-state index in [1.807, 2.05) is 6.07 Å². The number of rotatable bonds is 2. The summed E-state index contributed by atoms with van der Waals surface area (Å²) in [6, 6.07) is 8.25. The standard InChI is InChI=1S/C17H20N2O/c1-11-6-7-13(17(3,4)5)10-14(11)15-8-9-18-16(19-15)12(2)20/h6-10H,1-5H3. The summed E-state index contributed by atoms with van der Waals surface area (Å²) in [6.07, 6.45) is 1.64. The van der Waals surface area contributed by atoms with Crippen LogP contribution in [-0.4, -0.2) is 15.8 Å². The molecule has 1 aromatic heterocycles. The van der Waals surface area contributed by atoms with E-state index in [1.54, 1.807) is 6.20 Å². The molecule has 3 nitrogen and oxygen atoms in total. The maximum Gasteiger partial charge on any atom is 0.196 e. The summed E-state index contributed by atoms with van der Waals surface area (Å²) in [5.74, 6) is 0.152. The molecule has 0 saturated heterocycles. The number of hydrogen-bond donors (Lipinski definition) is 0. The first-order valence-electron chi connectivity index (χ1n) is 6.74. The highest BCUT2D eigenvalue weighted by Crippen LogP contribution is 2.29. The molecule has 1 aromatic carbocycles. The van der Waals surface area contributed by atoms with E-state index in [0.717, 1.165) is 16.8 Å². The van der Waals surface area contributed by atoms with E-state index in [0.29, 0.717) is 0 Å². The lowest BCUT2D eigenvalue weighted by molar-refractivity contribution is 0.100. The Kier molecular flexibility index (Phi) is 3.71. The molecule has 0 bridgehead atoms. The van der Waals surface area contributed by atoms with Crippen LogP contribution in [0.15, 0.2) is 30.5 Å². The van der Waals surface area contributed by atoms with E-state index in [-0.39, 0.29) is 17.0 Å². The third-order valence-corrected chi connectivity index (χ3v) is 3.35. The highest BCUT2D eigenvalue weighted by molar-refractivity contribution is 5.90. The van der Waals surface area contributed by atoms with E-state index in [9.17, 15) is 4.79 Å². The predicted octanol–water partition coefficient (Wildman–Crippen LogP) is 3.95. The van der Waals surface area contributed by atoms with Gasteiger partial charge in [0.2, 0.25) is 0 Å². The third-order valence-electron chi connectivity index (χ3n) is 3.35. The molecule has 0 aliphatic heterocycles. The van der Waals surface area contributed by atoms with Gasteiger partial charge in [-0.05, 0) is 35.6 Å². The van der Waals surface area contributed by atoms with Gasteiger partial charge in [0.1, 0.15) is 0 Å². The van der Waals surface area contributed by atoms with Crippen LogP contribution >= 0.6 is 0 Å². The molecule has 0 N–H and O–H groups in total. The summed E-state index contributed by atoms with van der Waals surface area (Å²) >= 11 is 0. The number of carbonyl (C=O) groups excluding carboxylic acids is 1. The van der Waals surface area contributed by atoms with Crippen LogP contribution < -0.4 is 0 Å².